The van der Waals surface area contributed by atoms with E-state index in [9.17, 15) is 10.2 Å². The van der Waals surface area contributed by atoms with Crippen LogP contribution >= 0.6 is 0 Å². The van der Waals surface area contributed by atoms with Gasteiger partial charge in [0, 0.05) is 0 Å². The van der Waals surface area contributed by atoms with Crippen LogP contribution in [0.15, 0.2) is 0 Å². The Hall–Kier alpha value is -0.0800. The molecule has 0 amide bonds. The molecular weight excluding hydrogens is 188 g/mol. The van der Waals surface area contributed by atoms with E-state index in [4.69, 9.17) is 0 Å². The smallest absolute Gasteiger partial charge is 0.0566 e. The van der Waals surface area contributed by atoms with Crippen LogP contribution in [0.25, 0.3) is 0 Å². The fraction of sp³-hybridized carbons (Fsp3) is 1.00. The van der Waals surface area contributed by atoms with Crippen LogP contribution in [0.5, 0.6) is 0 Å². The van der Waals surface area contributed by atoms with Gasteiger partial charge in [-0.1, -0.05) is 40.0 Å². The summed E-state index contributed by atoms with van der Waals surface area (Å²) >= 11 is 0. The zero-order valence-electron chi connectivity index (χ0n) is 10.6. The Labute approximate surface area is 94.7 Å². The van der Waals surface area contributed by atoms with E-state index < -0.39 is 0 Å². The molecule has 3 unspecified atom stereocenters. The first-order valence-electron chi connectivity index (χ1n) is 6.47. The number of aliphatic hydroxyl groups is 2. The van der Waals surface area contributed by atoms with Crippen LogP contribution in [0.2, 0.25) is 0 Å². The number of rotatable bonds is 9. The van der Waals surface area contributed by atoms with Crippen molar-refractivity contribution in [2.24, 2.45) is 5.92 Å². The van der Waals surface area contributed by atoms with E-state index in [1.165, 1.54) is 12.8 Å². The monoisotopic (exact) mass is 216 g/mol. The van der Waals surface area contributed by atoms with Crippen LogP contribution in [0.4, 0.5) is 0 Å². The molecule has 2 nitrogen and oxygen atoms in total. The zero-order valence-corrected chi connectivity index (χ0v) is 10.6. The lowest BCUT2D eigenvalue weighted by Gasteiger charge is -2.19. The van der Waals surface area contributed by atoms with Gasteiger partial charge in [-0.15, -0.1) is 0 Å². The van der Waals surface area contributed by atoms with E-state index in [0.29, 0.717) is 5.92 Å². The minimum Gasteiger partial charge on any atom is -0.393 e. The molecule has 92 valence electrons. The second-order valence-corrected chi connectivity index (χ2v) is 4.71. The minimum atomic E-state index is -0.233. The molecule has 0 saturated heterocycles. The average molecular weight is 216 g/mol. The first-order valence-corrected chi connectivity index (χ1v) is 6.47. The second-order valence-electron chi connectivity index (χ2n) is 4.71. The molecule has 0 aliphatic carbocycles. The van der Waals surface area contributed by atoms with Crippen molar-refractivity contribution in [3.8, 4) is 0 Å². The van der Waals surface area contributed by atoms with Crippen molar-refractivity contribution in [3.05, 3.63) is 0 Å². The molecule has 0 spiro atoms. The first kappa shape index (κ1) is 14.9. The summed E-state index contributed by atoms with van der Waals surface area (Å²) in [7, 11) is 0. The average Bonchev–Trinajstić information content (AvgIpc) is 2.22. The van der Waals surface area contributed by atoms with Gasteiger partial charge in [0.2, 0.25) is 0 Å². The molecular formula is C13H28O2. The van der Waals surface area contributed by atoms with Crippen LogP contribution in [-0.4, -0.2) is 22.4 Å². The molecule has 0 saturated carbocycles. The molecule has 0 aromatic heterocycles. The number of unbranched alkanes of at least 4 members (excludes halogenated alkanes) is 1. The third-order valence-corrected chi connectivity index (χ3v) is 3.09. The van der Waals surface area contributed by atoms with Crippen molar-refractivity contribution in [3.63, 3.8) is 0 Å². The Kier molecular flexibility index (Phi) is 9.12. The maximum atomic E-state index is 9.85. The van der Waals surface area contributed by atoms with Gasteiger partial charge in [-0.05, 0) is 31.6 Å². The molecule has 0 aliphatic rings. The molecule has 3 atom stereocenters. The third-order valence-electron chi connectivity index (χ3n) is 3.09. The van der Waals surface area contributed by atoms with Crippen molar-refractivity contribution < 1.29 is 10.2 Å². The van der Waals surface area contributed by atoms with Gasteiger partial charge in [-0.25, -0.2) is 0 Å². The summed E-state index contributed by atoms with van der Waals surface area (Å²) in [6, 6.07) is 0. The van der Waals surface area contributed by atoms with Gasteiger partial charge < -0.3 is 10.2 Å². The van der Waals surface area contributed by atoms with Crippen LogP contribution in [-0.2, 0) is 0 Å². The van der Waals surface area contributed by atoms with Gasteiger partial charge in [-0.2, -0.15) is 0 Å². The Morgan fingerprint density at radius 3 is 2.07 bits per heavy atom. The Morgan fingerprint density at radius 1 is 0.867 bits per heavy atom. The molecule has 0 aliphatic heterocycles. The van der Waals surface area contributed by atoms with Gasteiger partial charge in [0.1, 0.15) is 0 Å². The fourth-order valence-corrected chi connectivity index (χ4v) is 1.84. The quantitative estimate of drug-likeness (QED) is 0.621. The normalized spacial score (nSPS) is 17.4. The highest BCUT2D eigenvalue weighted by Gasteiger charge is 2.15. The lowest BCUT2D eigenvalue weighted by molar-refractivity contribution is 0.0731. The molecule has 0 aromatic rings. The standard InChI is InChI=1S/C13H28O2/c1-4-6-8-11(3)13(15)10-9-12(14)7-5-2/h11-15H,4-10H2,1-3H3. The molecule has 2 N–H and O–H groups in total. The predicted molar refractivity (Wildman–Crippen MR) is 64.8 cm³/mol. The predicted octanol–water partition coefficient (Wildman–Crippen LogP) is 3.11. The van der Waals surface area contributed by atoms with Crippen molar-refractivity contribution in [1.82, 2.24) is 0 Å². The summed E-state index contributed by atoms with van der Waals surface area (Å²) in [5, 5.41) is 19.4. The lowest BCUT2D eigenvalue weighted by atomic mass is 9.93. The SMILES string of the molecule is CCCCC(C)C(O)CCC(O)CCC. The first-order chi connectivity index (χ1) is 7.11. The molecule has 0 rings (SSSR count). The second kappa shape index (κ2) is 9.17. The highest BCUT2D eigenvalue weighted by atomic mass is 16.3. The van der Waals surface area contributed by atoms with Crippen molar-refractivity contribution in [2.45, 2.75) is 77.9 Å². The van der Waals surface area contributed by atoms with Crippen LogP contribution in [0, 0.1) is 5.92 Å². The van der Waals surface area contributed by atoms with E-state index in [-0.39, 0.29) is 12.2 Å². The molecule has 0 radical (unpaired) electrons. The van der Waals surface area contributed by atoms with E-state index in [0.717, 1.165) is 32.1 Å². The van der Waals surface area contributed by atoms with Gasteiger partial charge >= 0.3 is 0 Å². The van der Waals surface area contributed by atoms with Gasteiger partial charge in [0.05, 0.1) is 12.2 Å². The Bertz CT molecular complexity index is 136. The minimum absolute atomic E-state index is 0.219. The molecule has 15 heavy (non-hydrogen) atoms. The maximum absolute atomic E-state index is 9.85. The maximum Gasteiger partial charge on any atom is 0.0566 e. The summed E-state index contributed by atoms with van der Waals surface area (Å²) in [6.07, 6.45) is 6.38. The van der Waals surface area contributed by atoms with Gasteiger partial charge in [-0.3, -0.25) is 0 Å². The van der Waals surface area contributed by atoms with E-state index in [1.54, 1.807) is 0 Å². The number of aliphatic hydroxyl groups excluding tert-OH is 2. The molecule has 0 fully saturated rings. The lowest BCUT2D eigenvalue weighted by Crippen LogP contribution is -2.20. The van der Waals surface area contributed by atoms with Gasteiger partial charge in [0.25, 0.3) is 0 Å². The third kappa shape index (κ3) is 7.80. The molecule has 2 heteroatoms. The Balaban J connectivity index is 3.57. The largest absolute Gasteiger partial charge is 0.393 e. The summed E-state index contributed by atoms with van der Waals surface area (Å²) < 4.78 is 0. The van der Waals surface area contributed by atoms with Crippen molar-refractivity contribution in [1.29, 1.82) is 0 Å². The van der Waals surface area contributed by atoms with Crippen molar-refractivity contribution in [2.75, 3.05) is 0 Å². The highest BCUT2D eigenvalue weighted by molar-refractivity contribution is 4.67. The summed E-state index contributed by atoms with van der Waals surface area (Å²) in [4.78, 5) is 0. The summed E-state index contributed by atoms with van der Waals surface area (Å²) in [5.74, 6) is 0.374. The summed E-state index contributed by atoms with van der Waals surface area (Å²) in [6.45, 7) is 6.35. The Morgan fingerprint density at radius 2 is 1.53 bits per heavy atom. The molecule has 0 heterocycles. The van der Waals surface area contributed by atoms with E-state index in [2.05, 4.69) is 20.8 Å². The number of hydrogen-bond acceptors (Lipinski definition) is 2. The molecule has 0 aromatic carbocycles. The van der Waals surface area contributed by atoms with Crippen LogP contribution in [0.1, 0.15) is 65.7 Å². The van der Waals surface area contributed by atoms with E-state index in [1.807, 2.05) is 0 Å². The zero-order chi connectivity index (χ0) is 11.7. The fourth-order valence-electron chi connectivity index (χ4n) is 1.84. The highest BCUT2D eigenvalue weighted by Crippen LogP contribution is 2.17. The van der Waals surface area contributed by atoms with Gasteiger partial charge in [0.15, 0.2) is 0 Å². The number of hydrogen-bond donors (Lipinski definition) is 2. The van der Waals surface area contributed by atoms with Crippen LogP contribution < -0.4 is 0 Å². The van der Waals surface area contributed by atoms with E-state index >= 15 is 0 Å². The molecule has 0 bridgehead atoms. The topological polar surface area (TPSA) is 40.5 Å². The summed E-state index contributed by atoms with van der Waals surface area (Å²) in [5.41, 5.74) is 0. The van der Waals surface area contributed by atoms with Crippen LogP contribution in [0.3, 0.4) is 0 Å². The van der Waals surface area contributed by atoms with Crippen molar-refractivity contribution >= 4 is 0 Å².